The third kappa shape index (κ3) is 3.39. The number of carbonyl (C=O) groups excluding carboxylic acids is 1. The van der Waals surface area contributed by atoms with Gasteiger partial charge in [-0.15, -0.1) is 0 Å². The molecule has 3 aliphatic rings. The van der Waals surface area contributed by atoms with E-state index in [4.69, 9.17) is 21.7 Å². The van der Waals surface area contributed by atoms with Crippen LogP contribution in [-0.4, -0.2) is 22.4 Å². The molecule has 0 saturated heterocycles. The summed E-state index contributed by atoms with van der Waals surface area (Å²) in [6.07, 6.45) is 8.37. The van der Waals surface area contributed by atoms with Crippen molar-refractivity contribution in [1.82, 2.24) is 0 Å². The number of thioether (sulfide) groups is 1. The first-order chi connectivity index (χ1) is 10.2. The Labute approximate surface area is 136 Å². The molecule has 3 fully saturated rings. The highest BCUT2D eigenvalue weighted by Crippen LogP contribution is 2.59. The predicted octanol–water partition coefficient (Wildman–Crippen LogP) is 4.15. The largest absolute Gasteiger partial charge is 0.475 e. The highest BCUT2D eigenvalue weighted by atomic mass is 32.2. The molecule has 3 nitrogen and oxygen atoms in total. The molecule has 3 rings (SSSR count). The monoisotopic (exact) mass is 328 g/mol. The quantitative estimate of drug-likeness (QED) is 0.430. The second kappa shape index (κ2) is 6.86. The van der Waals surface area contributed by atoms with Crippen molar-refractivity contribution < 1.29 is 14.3 Å². The molecule has 5 heteroatoms. The minimum atomic E-state index is -0.151. The molecule has 0 aliphatic heterocycles. The number of hydrogen-bond acceptors (Lipinski definition) is 5. The predicted molar refractivity (Wildman–Crippen MR) is 88.0 cm³/mol. The number of carbonyl (C=O) groups is 1. The molecule has 0 aromatic carbocycles. The number of fused-ring (bicyclic) bond motifs is 5. The fourth-order valence-electron chi connectivity index (χ4n) is 4.72. The normalized spacial score (nSPS) is 36.5. The van der Waals surface area contributed by atoms with Crippen LogP contribution in [0.4, 0.5) is 0 Å². The Bertz CT molecular complexity index is 412. The van der Waals surface area contributed by atoms with Gasteiger partial charge in [-0.25, -0.2) is 0 Å². The third-order valence-electron chi connectivity index (χ3n) is 5.47. The zero-order valence-electron chi connectivity index (χ0n) is 12.6. The maximum absolute atomic E-state index is 11.3. The SMILES string of the molecule is CCCC(=O)OCSC(=S)OC1CC2CC1C1CCCC21. The molecule has 0 aromatic heterocycles. The van der Waals surface area contributed by atoms with E-state index in [2.05, 4.69) is 0 Å². The molecule has 5 unspecified atom stereocenters. The molecule has 0 spiro atoms. The van der Waals surface area contributed by atoms with E-state index in [-0.39, 0.29) is 11.9 Å². The van der Waals surface area contributed by atoms with E-state index in [1.165, 1.54) is 43.9 Å². The summed E-state index contributed by atoms with van der Waals surface area (Å²) in [4.78, 5) is 11.3. The molecular weight excluding hydrogens is 304 g/mol. The van der Waals surface area contributed by atoms with Gasteiger partial charge in [0.25, 0.3) is 0 Å². The van der Waals surface area contributed by atoms with Gasteiger partial charge in [0.1, 0.15) is 12.0 Å². The van der Waals surface area contributed by atoms with Crippen LogP contribution in [0.2, 0.25) is 0 Å². The van der Waals surface area contributed by atoms with E-state index in [0.29, 0.717) is 16.9 Å². The number of esters is 1. The van der Waals surface area contributed by atoms with Gasteiger partial charge in [-0.05, 0) is 79.8 Å². The second-order valence-corrected chi connectivity index (χ2v) is 8.11. The molecule has 0 N–H and O–H groups in total. The summed E-state index contributed by atoms with van der Waals surface area (Å²) < 4.78 is 11.7. The van der Waals surface area contributed by atoms with Crippen molar-refractivity contribution in [1.29, 1.82) is 0 Å². The standard InChI is InChI=1S/C16H24O3S2/c1-2-4-15(17)18-9-21-16(20)19-14-8-10-7-13(14)12-6-3-5-11(10)12/h10-14H,2-9H2,1H3. The van der Waals surface area contributed by atoms with Gasteiger partial charge in [0.15, 0.2) is 0 Å². The second-order valence-electron chi connectivity index (χ2n) is 6.59. The summed E-state index contributed by atoms with van der Waals surface area (Å²) in [7, 11) is 0. The van der Waals surface area contributed by atoms with E-state index in [0.717, 1.165) is 30.1 Å². The Morgan fingerprint density at radius 1 is 1.24 bits per heavy atom. The maximum Gasteiger partial charge on any atom is 0.306 e. The first-order valence-electron chi connectivity index (χ1n) is 8.18. The fourth-order valence-corrected chi connectivity index (χ4v) is 5.46. The lowest BCUT2D eigenvalue weighted by Gasteiger charge is -2.31. The van der Waals surface area contributed by atoms with Gasteiger partial charge in [0.05, 0.1) is 0 Å². The topological polar surface area (TPSA) is 35.5 Å². The average molecular weight is 328 g/mol. The lowest BCUT2D eigenvalue weighted by atomic mass is 9.80. The summed E-state index contributed by atoms with van der Waals surface area (Å²) in [6.45, 7) is 1.97. The molecular formula is C16H24O3S2. The van der Waals surface area contributed by atoms with Crippen LogP contribution in [0.5, 0.6) is 0 Å². The maximum atomic E-state index is 11.3. The minimum Gasteiger partial charge on any atom is -0.475 e. The molecule has 21 heavy (non-hydrogen) atoms. The summed E-state index contributed by atoms with van der Waals surface area (Å²) in [5, 5.41) is 0. The van der Waals surface area contributed by atoms with E-state index in [9.17, 15) is 4.79 Å². The van der Waals surface area contributed by atoms with Crippen molar-refractivity contribution in [3.63, 3.8) is 0 Å². The lowest BCUT2D eigenvalue weighted by Crippen LogP contribution is -2.31. The minimum absolute atomic E-state index is 0.151. The van der Waals surface area contributed by atoms with Crippen LogP contribution in [0.1, 0.15) is 51.9 Å². The van der Waals surface area contributed by atoms with Crippen molar-refractivity contribution >= 4 is 34.3 Å². The van der Waals surface area contributed by atoms with E-state index < -0.39 is 0 Å². The van der Waals surface area contributed by atoms with Gasteiger partial charge in [-0.2, -0.15) is 0 Å². The summed E-state index contributed by atoms with van der Waals surface area (Å²) in [6, 6.07) is 0. The van der Waals surface area contributed by atoms with Gasteiger partial charge in [-0.3, -0.25) is 4.79 Å². The van der Waals surface area contributed by atoms with Gasteiger partial charge < -0.3 is 9.47 Å². The van der Waals surface area contributed by atoms with Crippen molar-refractivity contribution in [2.24, 2.45) is 23.7 Å². The van der Waals surface area contributed by atoms with Crippen LogP contribution in [0.25, 0.3) is 0 Å². The lowest BCUT2D eigenvalue weighted by molar-refractivity contribution is -0.141. The van der Waals surface area contributed by atoms with Crippen LogP contribution in [-0.2, 0) is 14.3 Å². The van der Waals surface area contributed by atoms with Crippen molar-refractivity contribution in [3.8, 4) is 0 Å². The number of rotatable bonds is 5. The molecule has 0 radical (unpaired) electrons. The number of ether oxygens (including phenoxy) is 2. The van der Waals surface area contributed by atoms with Crippen molar-refractivity contribution in [3.05, 3.63) is 0 Å². The van der Waals surface area contributed by atoms with Crippen LogP contribution >= 0.6 is 24.0 Å². The summed E-state index contributed by atoms with van der Waals surface area (Å²) in [5.41, 5.74) is 0. The Balaban J connectivity index is 1.39. The number of hydrogen-bond donors (Lipinski definition) is 0. The first-order valence-corrected chi connectivity index (χ1v) is 9.57. The van der Waals surface area contributed by atoms with Crippen LogP contribution in [0.15, 0.2) is 0 Å². The van der Waals surface area contributed by atoms with Crippen LogP contribution in [0, 0.1) is 23.7 Å². The summed E-state index contributed by atoms with van der Waals surface area (Å²) >= 11 is 6.63. The van der Waals surface area contributed by atoms with Crippen LogP contribution < -0.4 is 0 Å². The van der Waals surface area contributed by atoms with E-state index >= 15 is 0 Å². The molecule has 118 valence electrons. The summed E-state index contributed by atoms with van der Waals surface area (Å²) in [5.74, 6) is 3.60. The molecule has 3 aliphatic carbocycles. The van der Waals surface area contributed by atoms with Gasteiger partial charge in [0.2, 0.25) is 4.38 Å². The highest BCUT2D eigenvalue weighted by Gasteiger charge is 2.54. The van der Waals surface area contributed by atoms with Crippen molar-refractivity contribution in [2.75, 3.05) is 5.94 Å². The smallest absolute Gasteiger partial charge is 0.306 e. The third-order valence-corrected chi connectivity index (χ3v) is 6.48. The zero-order valence-corrected chi connectivity index (χ0v) is 14.2. The van der Waals surface area contributed by atoms with Gasteiger partial charge >= 0.3 is 5.97 Å². The highest BCUT2D eigenvalue weighted by molar-refractivity contribution is 8.22. The van der Waals surface area contributed by atoms with Crippen molar-refractivity contribution in [2.45, 2.75) is 58.0 Å². The van der Waals surface area contributed by atoms with Crippen LogP contribution in [0.3, 0.4) is 0 Å². The average Bonchev–Trinajstić information content (AvgIpc) is 3.10. The van der Waals surface area contributed by atoms with E-state index in [1.54, 1.807) is 0 Å². The molecule has 0 heterocycles. The molecule has 0 aromatic rings. The van der Waals surface area contributed by atoms with E-state index in [1.807, 2.05) is 6.92 Å². The van der Waals surface area contributed by atoms with Gasteiger partial charge in [0, 0.05) is 6.42 Å². The Kier molecular flexibility index (Phi) is 5.10. The Morgan fingerprint density at radius 2 is 2.05 bits per heavy atom. The molecule has 0 amide bonds. The molecule has 3 saturated carbocycles. The number of thiocarbonyl (C=S) groups is 1. The Morgan fingerprint density at radius 3 is 2.86 bits per heavy atom. The molecule has 5 atom stereocenters. The Hall–Kier alpha value is -0.290. The zero-order chi connectivity index (χ0) is 14.8. The fraction of sp³-hybridized carbons (Fsp3) is 0.875. The first kappa shape index (κ1) is 15.6. The molecule has 2 bridgehead atoms. The van der Waals surface area contributed by atoms with Gasteiger partial charge in [-0.1, -0.05) is 13.3 Å².